The molecule has 0 aliphatic carbocycles. The molecule has 0 unspecified atom stereocenters. The normalized spacial score (nSPS) is 11.6. The van der Waals surface area contributed by atoms with Gasteiger partial charge in [0.25, 0.3) is 0 Å². The number of aliphatic imine (C=N–C) groups is 1. The minimum Gasteiger partial charge on any atom is -0.497 e. The summed E-state index contributed by atoms with van der Waals surface area (Å²) < 4.78 is 6.91. The molecule has 3 aromatic rings. The Morgan fingerprint density at radius 3 is 2.92 bits per heavy atom. The third-order valence-corrected chi connectivity index (χ3v) is 3.86. The van der Waals surface area contributed by atoms with Crippen LogP contribution in [0.25, 0.3) is 5.82 Å². The van der Waals surface area contributed by atoms with Gasteiger partial charge in [0.05, 0.1) is 13.3 Å². The summed E-state index contributed by atoms with van der Waals surface area (Å²) in [6.45, 7) is 0.0719. The van der Waals surface area contributed by atoms with Gasteiger partial charge in [0.15, 0.2) is 11.6 Å². The van der Waals surface area contributed by atoms with Gasteiger partial charge in [0, 0.05) is 43.4 Å². The van der Waals surface area contributed by atoms with Crippen LogP contribution in [-0.2, 0) is 6.42 Å². The van der Waals surface area contributed by atoms with Gasteiger partial charge >= 0.3 is 0 Å². The van der Waals surface area contributed by atoms with Crippen molar-refractivity contribution in [2.75, 3.05) is 26.5 Å². The molecule has 0 aliphatic rings. The Hall–Kier alpha value is -3.26. The molecule has 0 aliphatic heterocycles. The van der Waals surface area contributed by atoms with Crippen molar-refractivity contribution < 1.29 is 9.84 Å². The van der Waals surface area contributed by atoms with Crippen molar-refractivity contribution in [1.82, 2.24) is 19.7 Å². The number of rotatable bonds is 6. The third kappa shape index (κ3) is 3.55. The van der Waals surface area contributed by atoms with Crippen LogP contribution in [0.4, 0.5) is 5.69 Å². The van der Waals surface area contributed by atoms with E-state index in [1.54, 1.807) is 55.5 Å². The third-order valence-electron chi connectivity index (χ3n) is 3.86. The summed E-state index contributed by atoms with van der Waals surface area (Å²) in [4.78, 5) is 13.2. The second-order valence-corrected chi connectivity index (χ2v) is 5.53. The summed E-state index contributed by atoms with van der Waals surface area (Å²) in [5.74, 6) is 1.71. The predicted octanol–water partition coefficient (Wildman–Crippen LogP) is 1.26. The smallest absolute Gasteiger partial charge is 0.180 e. The molecule has 2 heterocycles. The fourth-order valence-corrected chi connectivity index (χ4v) is 2.54. The zero-order chi connectivity index (χ0) is 18.5. The first kappa shape index (κ1) is 17.6. The van der Waals surface area contributed by atoms with Crippen molar-refractivity contribution in [3.05, 3.63) is 59.8 Å². The van der Waals surface area contributed by atoms with Gasteiger partial charge in [-0.1, -0.05) is 0 Å². The molecule has 0 bridgehead atoms. The van der Waals surface area contributed by atoms with E-state index in [9.17, 15) is 0 Å². The average molecular weight is 352 g/mol. The van der Waals surface area contributed by atoms with E-state index in [0.717, 1.165) is 5.56 Å². The van der Waals surface area contributed by atoms with Gasteiger partial charge in [-0.25, -0.2) is 14.6 Å². The molecule has 0 saturated heterocycles. The highest BCUT2D eigenvalue weighted by Crippen LogP contribution is 2.22. The van der Waals surface area contributed by atoms with Crippen molar-refractivity contribution in [2.24, 2.45) is 4.99 Å². The van der Waals surface area contributed by atoms with Gasteiger partial charge < -0.3 is 15.6 Å². The molecule has 8 nitrogen and oxygen atoms in total. The van der Waals surface area contributed by atoms with Crippen molar-refractivity contribution in [1.29, 1.82) is 0 Å². The number of nitrogen functional groups attached to an aromatic ring is 1. The van der Waals surface area contributed by atoms with Crippen LogP contribution in [0.5, 0.6) is 5.75 Å². The molecule has 26 heavy (non-hydrogen) atoms. The van der Waals surface area contributed by atoms with E-state index in [0.29, 0.717) is 40.8 Å². The van der Waals surface area contributed by atoms with E-state index in [-0.39, 0.29) is 6.61 Å². The van der Waals surface area contributed by atoms with Gasteiger partial charge in [0.2, 0.25) is 0 Å². The molecule has 8 heteroatoms. The first-order chi connectivity index (χ1) is 12.7. The molecule has 134 valence electrons. The first-order valence-corrected chi connectivity index (χ1v) is 8.05. The zero-order valence-electron chi connectivity index (χ0n) is 14.6. The number of aliphatic hydroxyl groups excluding tert-OH is 1. The van der Waals surface area contributed by atoms with Gasteiger partial charge in [-0.2, -0.15) is 5.10 Å². The summed E-state index contributed by atoms with van der Waals surface area (Å²) in [5, 5.41) is 13.3. The van der Waals surface area contributed by atoms with E-state index in [1.165, 1.54) is 0 Å². The van der Waals surface area contributed by atoms with E-state index >= 15 is 0 Å². The summed E-state index contributed by atoms with van der Waals surface area (Å²) in [6.07, 6.45) is 5.71. The number of nitrogens with zero attached hydrogens (tertiary/aromatic N) is 5. The number of ether oxygens (including phenoxy) is 1. The predicted molar refractivity (Wildman–Crippen MR) is 98.9 cm³/mol. The molecule has 0 radical (unpaired) electrons. The summed E-state index contributed by atoms with van der Waals surface area (Å²) in [6, 6.07) is 7.11. The number of hydrogen-bond acceptors (Lipinski definition) is 7. The molecular formula is C18H20N6O2. The van der Waals surface area contributed by atoms with E-state index in [4.69, 9.17) is 15.6 Å². The maximum atomic E-state index is 9.04. The monoisotopic (exact) mass is 352 g/mol. The number of nitrogens with two attached hydrogens (primary N) is 1. The highest BCUT2D eigenvalue weighted by Gasteiger charge is 2.15. The Balaban J connectivity index is 2.00. The molecule has 0 fully saturated rings. The van der Waals surface area contributed by atoms with Crippen LogP contribution in [-0.4, -0.2) is 51.3 Å². The SMILES string of the molecule is CN=C(c1nccc(-n2cc(CCO)cn2)n1)c1cc(OC)ccc1N. The zero-order valence-corrected chi connectivity index (χ0v) is 14.6. The van der Waals surface area contributed by atoms with Crippen molar-refractivity contribution in [2.45, 2.75) is 6.42 Å². The number of anilines is 1. The van der Waals surface area contributed by atoms with Crippen molar-refractivity contribution >= 4 is 11.4 Å². The molecular weight excluding hydrogens is 332 g/mol. The van der Waals surface area contributed by atoms with Crippen LogP contribution in [0, 0.1) is 0 Å². The molecule has 0 atom stereocenters. The van der Waals surface area contributed by atoms with Crippen molar-refractivity contribution in [3.8, 4) is 11.6 Å². The Kier molecular flexibility index (Phi) is 5.23. The maximum absolute atomic E-state index is 9.04. The molecule has 0 spiro atoms. The lowest BCUT2D eigenvalue weighted by Crippen LogP contribution is -2.13. The molecule has 0 saturated carbocycles. The molecule has 2 aromatic heterocycles. The van der Waals surface area contributed by atoms with Gasteiger partial charge in [0.1, 0.15) is 11.5 Å². The van der Waals surface area contributed by atoms with E-state index in [2.05, 4.69) is 20.1 Å². The van der Waals surface area contributed by atoms with E-state index in [1.807, 2.05) is 6.20 Å². The van der Waals surface area contributed by atoms with Crippen LogP contribution < -0.4 is 10.5 Å². The average Bonchev–Trinajstić information content (AvgIpc) is 3.13. The number of aromatic nitrogens is 4. The standard InChI is InChI=1S/C18H20N6O2/c1-20-17(14-9-13(26-2)3-4-15(14)19)18-21-7-5-16(23-18)24-11-12(6-8-25)10-22-24/h3-5,7,9-11,25H,6,8,19H2,1-2H3. The number of methoxy groups -OCH3 is 1. The lowest BCUT2D eigenvalue weighted by Gasteiger charge is -2.11. The quantitative estimate of drug-likeness (QED) is 0.510. The lowest BCUT2D eigenvalue weighted by molar-refractivity contribution is 0.299. The fraction of sp³-hybridized carbons (Fsp3) is 0.222. The van der Waals surface area contributed by atoms with Crippen LogP contribution in [0.15, 0.2) is 47.8 Å². The molecule has 0 amide bonds. The van der Waals surface area contributed by atoms with Gasteiger partial charge in [-0.3, -0.25) is 4.99 Å². The minimum atomic E-state index is 0.0719. The largest absolute Gasteiger partial charge is 0.497 e. The fourth-order valence-electron chi connectivity index (χ4n) is 2.54. The Bertz CT molecular complexity index is 935. The van der Waals surface area contributed by atoms with Crippen LogP contribution >= 0.6 is 0 Å². The summed E-state index contributed by atoms with van der Waals surface area (Å²) in [7, 11) is 3.26. The first-order valence-electron chi connectivity index (χ1n) is 8.05. The topological polar surface area (TPSA) is 111 Å². The van der Waals surface area contributed by atoms with E-state index < -0.39 is 0 Å². The summed E-state index contributed by atoms with van der Waals surface area (Å²) in [5.41, 5.74) is 8.86. The lowest BCUT2D eigenvalue weighted by atomic mass is 10.1. The molecule has 1 aromatic carbocycles. The maximum Gasteiger partial charge on any atom is 0.180 e. The van der Waals surface area contributed by atoms with Gasteiger partial charge in [-0.05, 0) is 30.2 Å². The van der Waals surface area contributed by atoms with Crippen LogP contribution in [0.1, 0.15) is 17.0 Å². The number of hydrogen-bond donors (Lipinski definition) is 2. The second-order valence-electron chi connectivity index (χ2n) is 5.53. The highest BCUT2D eigenvalue weighted by molar-refractivity contribution is 6.13. The number of aliphatic hydroxyl groups is 1. The Labute approximate surface area is 151 Å². The highest BCUT2D eigenvalue weighted by atomic mass is 16.5. The Morgan fingerprint density at radius 2 is 2.19 bits per heavy atom. The molecule has 3 N–H and O–H groups in total. The molecule has 3 rings (SSSR count). The minimum absolute atomic E-state index is 0.0719. The Morgan fingerprint density at radius 1 is 1.35 bits per heavy atom. The second kappa shape index (κ2) is 7.75. The van der Waals surface area contributed by atoms with Crippen LogP contribution in [0.3, 0.4) is 0 Å². The number of benzene rings is 1. The van der Waals surface area contributed by atoms with Crippen molar-refractivity contribution in [3.63, 3.8) is 0 Å². The van der Waals surface area contributed by atoms with Gasteiger partial charge in [-0.15, -0.1) is 0 Å². The van der Waals surface area contributed by atoms with Crippen LogP contribution in [0.2, 0.25) is 0 Å². The summed E-state index contributed by atoms with van der Waals surface area (Å²) >= 11 is 0.